The van der Waals surface area contributed by atoms with E-state index >= 15 is 0 Å². The fourth-order valence-electron chi connectivity index (χ4n) is 7.35. The zero-order valence-electron chi connectivity index (χ0n) is 32.1. The molecule has 0 radical (unpaired) electrons. The van der Waals surface area contributed by atoms with Gasteiger partial charge >= 0.3 is 0 Å². The maximum Gasteiger partial charge on any atom is 0.166 e. The van der Waals surface area contributed by atoms with Gasteiger partial charge in [-0.15, -0.1) is 0 Å². The first-order chi connectivity index (χ1) is 25.8. The summed E-state index contributed by atoms with van der Waals surface area (Å²) in [5.41, 5.74) is 6.01. The van der Waals surface area contributed by atoms with Crippen molar-refractivity contribution in [3.05, 3.63) is 129 Å². The molecule has 2 heterocycles. The van der Waals surface area contributed by atoms with Crippen LogP contribution in [0.5, 0.6) is 11.5 Å². The lowest BCUT2D eigenvalue weighted by atomic mass is 9.85. The first-order valence-electron chi connectivity index (χ1n) is 19.1. The van der Waals surface area contributed by atoms with Crippen LogP contribution in [0.15, 0.2) is 84.9 Å². The highest BCUT2D eigenvalue weighted by Crippen LogP contribution is 2.46. The van der Waals surface area contributed by atoms with Crippen molar-refractivity contribution in [2.45, 2.75) is 116 Å². The van der Waals surface area contributed by atoms with Crippen molar-refractivity contribution in [3.63, 3.8) is 0 Å². The summed E-state index contributed by atoms with van der Waals surface area (Å²) in [6.07, 6.45) is 0.731. The van der Waals surface area contributed by atoms with Gasteiger partial charge in [0.15, 0.2) is 23.1 Å². The summed E-state index contributed by atoms with van der Waals surface area (Å²) in [5, 5.41) is 19.0. The normalized spacial score (nSPS) is 19.3. The Morgan fingerprint density at radius 3 is 1.24 bits per heavy atom. The van der Waals surface area contributed by atoms with E-state index in [0.29, 0.717) is 59.4 Å². The van der Waals surface area contributed by atoms with E-state index in [9.17, 15) is 29.4 Å². The summed E-state index contributed by atoms with van der Waals surface area (Å²) in [6.45, 7) is 10.9. The van der Waals surface area contributed by atoms with E-state index in [1.165, 1.54) is 0 Å². The van der Waals surface area contributed by atoms with Crippen molar-refractivity contribution >= 4 is 23.1 Å². The second-order valence-electron chi connectivity index (χ2n) is 14.5. The van der Waals surface area contributed by atoms with Crippen LogP contribution in [-0.4, -0.2) is 57.8 Å². The van der Waals surface area contributed by atoms with Gasteiger partial charge in [0.05, 0.1) is 23.3 Å². The minimum Gasteiger partial charge on any atom is -0.489 e. The third-order valence-electron chi connectivity index (χ3n) is 10.2. The highest BCUT2D eigenvalue weighted by atomic mass is 16.5. The van der Waals surface area contributed by atoms with E-state index < -0.39 is 12.2 Å². The number of ether oxygens (including phenoxy) is 2. The molecule has 0 bridgehead atoms. The number of Topliss-reactive ketones (excluding diaryl/α,β-unsaturated/α-hetero) is 4. The Labute approximate surface area is 318 Å². The largest absolute Gasteiger partial charge is 0.489 e. The van der Waals surface area contributed by atoms with Gasteiger partial charge in [-0.25, -0.2) is 0 Å². The zero-order chi connectivity index (χ0) is 39.1. The van der Waals surface area contributed by atoms with Gasteiger partial charge in [0, 0.05) is 59.8 Å². The Hall–Kier alpha value is -4.92. The predicted molar refractivity (Wildman–Crippen MR) is 209 cm³/mol. The number of ketones is 4. The molecule has 6 rings (SSSR count). The van der Waals surface area contributed by atoms with E-state index in [-0.39, 0.29) is 60.0 Å². The Kier molecular flexibility index (Phi) is 13.4. The first-order valence-corrected chi connectivity index (χ1v) is 19.1. The smallest absolute Gasteiger partial charge is 0.166 e. The van der Waals surface area contributed by atoms with Gasteiger partial charge in [-0.1, -0.05) is 74.5 Å². The van der Waals surface area contributed by atoms with Crippen LogP contribution in [-0.2, 0) is 0 Å². The van der Waals surface area contributed by atoms with E-state index in [1.807, 2.05) is 100 Å². The molecule has 8 nitrogen and oxygen atoms in total. The number of aliphatic hydroxyl groups is 2. The number of carbonyl (C=O) groups excluding carboxylic acids is 4. The Morgan fingerprint density at radius 2 is 0.926 bits per heavy atom. The van der Waals surface area contributed by atoms with Crippen molar-refractivity contribution in [1.29, 1.82) is 0 Å². The second kappa shape index (κ2) is 17.9. The van der Waals surface area contributed by atoms with E-state index in [1.54, 1.807) is 26.0 Å². The third-order valence-corrected chi connectivity index (χ3v) is 10.2. The molecule has 8 heteroatoms. The third kappa shape index (κ3) is 9.05. The van der Waals surface area contributed by atoms with Crippen LogP contribution in [0.25, 0.3) is 0 Å². The number of hydrogen-bond acceptors (Lipinski definition) is 8. The Bertz CT molecular complexity index is 1820. The van der Waals surface area contributed by atoms with Gasteiger partial charge < -0.3 is 19.7 Å². The quantitative estimate of drug-likeness (QED) is 0.123. The molecule has 2 N–H and O–H groups in total. The van der Waals surface area contributed by atoms with E-state index in [0.717, 1.165) is 22.3 Å². The van der Waals surface area contributed by atoms with Crippen LogP contribution in [0, 0.1) is 0 Å². The van der Waals surface area contributed by atoms with Crippen LogP contribution in [0.4, 0.5) is 0 Å². The average molecular weight is 733 g/mol. The maximum atomic E-state index is 12.7. The lowest BCUT2D eigenvalue weighted by Crippen LogP contribution is -2.15. The van der Waals surface area contributed by atoms with E-state index in [4.69, 9.17) is 9.47 Å². The molecule has 4 aromatic carbocycles. The molecule has 0 aromatic heterocycles. The molecule has 0 saturated carbocycles. The van der Waals surface area contributed by atoms with Gasteiger partial charge in [0.1, 0.15) is 23.7 Å². The molecule has 54 heavy (non-hydrogen) atoms. The fourth-order valence-corrected chi connectivity index (χ4v) is 7.35. The van der Waals surface area contributed by atoms with Gasteiger partial charge in [0.2, 0.25) is 0 Å². The van der Waals surface area contributed by atoms with Gasteiger partial charge in [0.25, 0.3) is 0 Å². The molecule has 0 amide bonds. The Morgan fingerprint density at radius 1 is 0.574 bits per heavy atom. The van der Waals surface area contributed by atoms with Crippen LogP contribution in [0.1, 0.15) is 156 Å². The summed E-state index contributed by atoms with van der Waals surface area (Å²) in [4.78, 5) is 50.4. The molecule has 6 atom stereocenters. The van der Waals surface area contributed by atoms with Crippen LogP contribution in [0.3, 0.4) is 0 Å². The Balaban J connectivity index is 0.000000208. The van der Waals surface area contributed by atoms with Crippen LogP contribution < -0.4 is 9.47 Å². The SMILES string of the molecule is CCC(=O)c1cc(C(=O)CCC(C)O)cc2c1O[C@@H](C)[C@H]2c1ccccc1.CCC(=O)c1cc(C(=O)CCC(C)O)cc2c1O[C@H](C)[C@H]2c1ccccc1. The molecule has 2 aliphatic rings. The van der Waals surface area contributed by atoms with Gasteiger partial charge in [-0.05, 0) is 75.9 Å². The molecule has 4 aromatic rings. The predicted octanol–water partition coefficient (Wildman–Crippen LogP) is 9.07. The minimum absolute atomic E-state index is 0.0193. The summed E-state index contributed by atoms with van der Waals surface area (Å²) < 4.78 is 12.2. The van der Waals surface area contributed by atoms with Crippen molar-refractivity contribution in [2.75, 3.05) is 0 Å². The average Bonchev–Trinajstić information content (AvgIpc) is 3.70. The highest BCUT2D eigenvalue weighted by molar-refractivity contribution is 6.05. The molecule has 0 spiro atoms. The number of benzene rings is 4. The molecule has 0 saturated heterocycles. The molecule has 0 fully saturated rings. The molecule has 0 aliphatic carbocycles. The number of aliphatic hydroxyl groups excluding tert-OH is 2. The van der Waals surface area contributed by atoms with Crippen molar-refractivity contribution < 1.29 is 38.9 Å². The number of hydrogen-bond donors (Lipinski definition) is 2. The molecule has 2 unspecified atom stereocenters. The number of carbonyl (C=O) groups is 4. The molecular weight excluding hydrogens is 680 g/mol. The topological polar surface area (TPSA) is 127 Å². The molecule has 2 aliphatic heterocycles. The van der Waals surface area contributed by atoms with Gasteiger partial charge in [-0.3, -0.25) is 19.2 Å². The van der Waals surface area contributed by atoms with Gasteiger partial charge in [-0.2, -0.15) is 0 Å². The van der Waals surface area contributed by atoms with Crippen LogP contribution in [0.2, 0.25) is 0 Å². The second-order valence-corrected chi connectivity index (χ2v) is 14.5. The van der Waals surface area contributed by atoms with Crippen molar-refractivity contribution in [2.24, 2.45) is 0 Å². The summed E-state index contributed by atoms with van der Waals surface area (Å²) >= 11 is 0. The fraction of sp³-hybridized carbons (Fsp3) is 0.391. The first kappa shape index (κ1) is 40.3. The summed E-state index contributed by atoms with van der Waals surface area (Å²) in [6, 6.07) is 27.1. The van der Waals surface area contributed by atoms with E-state index in [2.05, 4.69) is 0 Å². The zero-order valence-corrected chi connectivity index (χ0v) is 32.1. The summed E-state index contributed by atoms with van der Waals surface area (Å²) in [5.74, 6) is 0.994. The minimum atomic E-state index is -0.527. The molecule has 284 valence electrons. The lowest BCUT2D eigenvalue weighted by Gasteiger charge is -2.15. The van der Waals surface area contributed by atoms with Crippen LogP contribution >= 0.6 is 0 Å². The number of fused-ring (bicyclic) bond motifs is 2. The van der Waals surface area contributed by atoms with Crippen molar-refractivity contribution in [1.82, 2.24) is 0 Å². The lowest BCUT2D eigenvalue weighted by molar-refractivity contribution is 0.0942. The highest BCUT2D eigenvalue weighted by Gasteiger charge is 2.37. The number of rotatable bonds is 14. The van der Waals surface area contributed by atoms with Crippen molar-refractivity contribution in [3.8, 4) is 11.5 Å². The monoisotopic (exact) mass is 732 g/mol. The molecular formula is C46H52O8. The standard InChI is InChI=1S/2C23H26O4/c2*1-4-20(25)18-12-17(21(26)11-10-14(2)24)13-19-22(15(3)27-23(18)19)16-8-6-5-7-9-16/h2*5-9,12-15,22,24H,4,10-11H2,1-3H3/t14?,15-,22+;14?,15-,22-/m10/s1. The summed E-state index contributed by atoms with van der Waals surface area (Å²) in [7, 11) is 0. The maximum absolute atomic E-state index is 12.7.